The number of aryl methyl sites for hydroxylation is 2. The first-order chi connectivity index (χ1) is 7.79. The molecule has 6 nitrogen and oxygen atoms in total. The van der Waals surface area contributed by atoms with Crippen LogP contribution in [0, 0.1) is 25.7 Å². The molecule has 0 aromatic carbocycles. The van der Waals surface area contributed by atoms with Crippen LogP contribution in [0.25, 0.3) is 0 Å². The van der Waals surface area contributed by atoms with Crippen molar-refractivity contribution in [2.45, 2.75) is 13.8 Å². The van der Waals surface area contributed by atoms with E-state index in [4.69, 9.17) is 0 Å². The van der Waals surface area contributed by atoms with E-state index in [0.29, 0.717) is 11.4 Å². The highest BCUT2D eigenvalue weighted by Crippen LogP contribution is 2.00. The summed E-state index contributed by atoms with van der Waals surface area (Å²) in [5.74, 6) is 4.04. The maximum atomic E-state index is 11.5. The Bertz CT molecular complexity index is 590. The molecule has 0 aliphatic heterocycles. The highest BCUT2D eigenvalue weighted by Gasteiger charge is 2.06. The van der Waals surface area contributed by atoms with Crippen LogP contribution in [0.2, 0.25) is 0 Å². The Kier molecular flexibility index (Phi) is 4.04. The van der Waals surface area contributed by atoms with Crippen molar-refractivity contribution in [1.82, 2.24) is 9.78 Å². The molecule has 17 heavy (non-hydrogen) atoms. The van der Waals surface area contributed by atoms with Crippen LogP contribution >= 0.6 is 0 Å². The molecule has 0 fully saturated rings. The summed E-state index contributed by atoms with van der Waals surface area (Å²) in [7, 11) is -3.53. The Labute approximate surface area is 99.7 Å². The van der Waals surface area contributed by atoms with E-state index in [-0.39, 0.29) is 6.61 Å². The summed E-state index contributed by atoms with van der Waals surface area (Å²) >= 11 is 0. The molecule has 0 bridgehead atoms. The van der Waals surface area contributed by atoms with Gasteiger partial charge < -0.3 is 0 Å². The van der Waals surface area contributed by atoms with Crippen LogP contribution in [0.1, 0.15) is 16.2 Å². The fourth-order valence-electron chi connectivity index (χ4n) is 1.14. The van der Waals surface area contributed by atoms with Gasteiger partial charge in [0.15, 0.2) is 0 Å². The summed E-state index contributed by atoms with van der Waals surface area (Å²) in [6.07, 6.45) is 0.914. The van der Waals surface area contributed by atoms with Crippen molar-refractivity contribution in [3.8, 4) is 11.8 Å². The third kappa shape index (κ3) is 4.38. The fourth-order valence-corrected chi connectivity index (χ4v) is 1.41. The Morgan fingerprint density at radius 2 is 2.18 bits per heavy atom. The number of rotatable bonds is 2. The first kappa shape index (κ1) is 13.4. The van der Waals surface area contributed by atoms with Gasteiger partial charge in [-0.2, -0.15) is 18.2 Å². The van der Waals surface area contributed by atoms with Crippen LogP contribution in [0.3, 0.4) is 0 Å². The maximum absolute atomic E-state index is 11.5. The van der Waals surface area contributed by atoms with Gasteiger partial charge in [0.2, 0.25) is 0 Å². The van der Waals surface area contributed by atoms with Gasteiger partial charge in [-0.25, -0.2) is 0 Å². The Morgan fingerprint density at radius 1 is 1.53 bits per heavy atom. The van der Waals surface area contributed by atoms with Gasteiger partial charge in [0.1, 0.15) is 6.61 Å². The van der Waals surface area contributed by atoms with Gasteiger partial charge in [0.05, 0.1) is 11.9 Å². The lowest BCUT2D eigenvalue weighted by molar-refractivity contribution is 0.0962. The molecule has 0 amide bonds. The van der Waals surface area contributed by atoms with Crippen LogP contribution in [0.4, 0.5) is 0 Å². The first-order valence-corrected chi connectivity index (χ1v) is 6.52. The van der Waals surface area contributed by atoms with Gasteiger partial charge in [0, 0.05) is 5.69 Å². The van der Waals surface area contributed by atoms with Crippen molar-refractivity contribution >= 4 is 16.0 Å². The average molecular weight is 256 g/mol. The first-order valence-electron chi connectivity index (χ1n) is 4.70. The van der Waals surface area contributed by atoms with E-state index in [1.54, 1.807) is 19.9 Å². The summed E-state index contributed by atoms with van der Waals surface area (Å²) in [4.78, 5) is 11.5. The number of carbonyl (C=O) groups is 1. The number of hydrogen-bond acceptors (Lipinski definition) is 5. The minimum absolute atomic E-state index is 0.343. The quantitative estimate of drug-likeness (QED) is 0.554. The highest BCUT2D eigenvalue weighted by molar-refractivity contribution is 7.85. The summed E-state index contributed by atoms with van der Waals surface area (Å²) in [6, 6.07) is 1.74. The van der Waals surface area contributed by atoms with E-state index >= 15 is 0 Å². The number of carbonyl (C=O) groups excluding carboxylic acids is 1. The van der Waals surface area contributed by atoms with E-state index in [2.05, 4.69) is 21.1 Å². The van der Waals surface area contributed by atoms with Crippen LogP contribution in [0.5, 0.6) is 0 Å². The van der Waals surface area contributed by atoms with Gasteiger partial charge in [0.25, 0.3) is 10.1 Å². The minimum atomic E-state index is -3.53. The molecule has 0 atom stereocenters. The van der Waals surface area contributed by atoms with E-state index in [1.165, 1.54) is 0 Å². The Morgan fingerprint density at radius 3 is 2.65 bits per heavy atom. The second kappa shape index (κ2) is 5.12. The van der Waals surface area contributed by atoms with E-state index in [9.17, 15) is 13.2 Å². The Hall–Kier alpha value is -1.65. The van der Waals surface area contributed by atoms with Crippen molar-refractivity contribution < 1.29 is 17.4 Å². The molecular formula is C10H12N2O4S. The van der Waals surface area contributed by atoms with Crippen LogP contribution in [0.15, 0.2) is 6.07 Å². The third-order valence-electron chi connectivity index (χ3n) is 1.74. The largest absolute Gasteiger partial charge is 0.323 e. The monoisotopic (exact) mass is 256 g/mol. The van der Waals surface area contributed by atoms with Gasteiger partial charge in [-0.15, -0.1) is 0 Å². The Balaban J connectivity index is 2.68. The summed E-state index contributed by atoms with van der Waals surface area (Å²) in [5, 5.41) is 3.94. The van der Waals surface area contributed by atoms with Gasteiger partial charge >= 0.3 is 5.91 Å². The molecule has 0 spiro atoms. The number of hydrogen-bond donors (Lipinski definition) is 0. The highest BCUT2D eigenvalue weighted by atomic mass is 32.2. The van der Waals surface area contributed by atoms with Crippen molar-refractivity contribution in [1.29, 1.82) is 0 Å². The predicted octanol–water partition coefficient (Wildman–Crippen LogP) is 0.120. The summed E-state index contributed by atoms with van der Waals surface area (Å²) < 4.78 is 26.7. The van der Waals surface area contributed by atoms with Gasteiger partial charge in [-0.05, 0) is 25.8 Å². The lowest BCUT2D eigenvalue weighted by atomic mass is 10.4. The van der Waals surface area contributed by atoms with Crippen molar-refractivity contribution in [2.75, 3.05) is 12.9 Å². The molecule has 0 saturated carbocycles. The average Bonchev–Trinajstić information content (AvgIpc) is 2.51. The lowest BCUT2D eigenvalue weighted by Crippen LogP contribution is -2.12. The smallest absolute Gasteiger partial charge is 0.257 e. The topological polar surface area (TPSA) is 78.3 Å². The second-order valence-corrected chi connectivity index (χ2v) is 5.06. The molecular weight excluding hydrogens is 244 g/mol. The SMILES string of the molecule is Cc1cc(C)n(C(=O)C#CCOS(C)(=O)=O)n1. The van der Waals surface area contributed by atoms with Crippen LogP contribution in [-0.4, -0.2) is 37.0 Å². The molecule has 7 heteroatoms. The van der Waals surface area contributed by atoms with Crippen molar-refractivity contribution in [2.24, 2.45) is 0 Å². The molecule has 1 aromatic rings. The standard InChI is InChI=1S/C10H12N2O4S/c1-8-7-9(2)12(11-8)10(13)5-4-6-16-17(3,14)15/h7H,6H2,1-3H3. The zero-order chi connectivity index (χ0) is 13.1. The molecule has 1 heterocycles. The third-order valence-corrected chi connectivity index (χ3v) is 2.29. The van der Waals surface area contributed by atoms with Crippen molar-refractivity contribution in [3.63, 3.8) is 0 Å². The van der Waals surface area contributed by atoms with Gasteiger partial charge in [-0.1, -0.05) is 5.92 Å². The predicted molar refractivity (Wildman–Crippen MR) is 60.9 cm³/mol. The van der Waals surface area contributed by atoms with E-state index < -0.39 is 16.0 Å². The van der Waals surface area contributed by atoms with Crippen LogP contribution < -0.4 is 0 Å². The molecule has 0 saturated heterocycles. The molecule has 0 radical (unpaired) electrons. The zero-order valence-corrected chi connectivity index (χ0v) is 10.5. The molecule has 1 aromatic heterocycles. The summed E-state index contributed by atoms with van der Waals surface area (Å²) in [6.45, 7) is 3.15. The van der Waals surface area contributed by atoms with Crippen molar-refractivity contribution in [3.05, 3.63) is 17.5 Å². The van der Waals surface area contributed by atoms with E-state index in [0.717, 1.165) is 10.9 Å². The maximum Gasteiger partial charge on any atom is 0.323 e. The van der Waals surface area contributed by atoms with Crippen LogP contribution in [-0.2, 0) is 14.3 Å². The zero-order valence-electron chi connectivity index (χ0n) is 9.72. The lowest BCUT2D eigenvalue weighted by Gasteiger charge is -1.95. The molecule has 0 N–H and O–H groups in total. The van der Waals surface area contributed by atoms with Gasteiger partial charge in [-0.3, -0.25) is 8.98 Å². The van der Waals surface area contributed by atoms with E-state index in [1.807, 2.05) is 0 Å². The molecule has 0 unspecified atom stereocenters. The molecule has 0 aliphatic rings. The molecule has 1 rings (SSSR count). The normalized spacial score (nSPS) is 10.8. The second-order valence-electron chi connectivity index (χ2n) is 3.41. The minimum Gasteiger partial charge on any atom is -0.257 e. The fraction of sp³-hybridized carbons (Fsp3) is 0.400. The molecule has 92 valence electrons. The number of aromatic nitrogens is 2. The molecule has 0 aliphatic carbocycles. The number of nitrogens with zero attached hydrogens (tertiary/aromatic N) is 2. The summed E-state index contributed by atoms with van der Waals surface area (Å²) in [5.41, 5.74) is 1.39.